The molecule has 1 unspecified atom stereocenters. The van der Waals surface area contributed by atoms with E-state index in [2.05, 4.69) is 53.9 Å². The van der Waals surface area contributed by atoms with Crippen molar-refractivity contribution in [1.29, 1.82) is 0 Å². The van der Waals surface area contributed by atoms with Gasteiger partial charge in [-0.25, -0.2) is 0 Å². The van der Waals surface area contributed by atoms with Crippen LogP contribution in [0.15, 0.2) is 12.3 Å². The Kier molecular flexibility index (Phi) is 6.36. The van der Waals surface area contributed by atoms with E-state index in [9.17, 15) is 0 Å². The summed E-state index contributed by atoms with van der Waals surface area (Å²) in [7, 11) is 0. The Bertz CT molecular complexity index is 687. The Morgan fingerprint density at radius 3 is 2.62 bits per heavy atom. The van der Waals surface area contributed by atoms with E-state index in [1.54, 1.807) is 0 Å². The molecule has 24 heavy (non-hydrogen) atoms. The van der Waals surface area contributed by atoms with Crippen molar-refractivity contribution in [2.45, 2.75) is 60.2 Å². The van der Waals surface area contributed by atoms with Crippen LogP contribution in [0.3, 0.4) is 0 Å². The van der Waals surface area contributed by atoms with Gasteiger partial charge in [0.1, 0.15) is 0 Å². The Hall–Kier alpha value is -1.89. The Morgan fingerprint density at radius 2 is 2.04 bits per heavy atom. The van der Waals surface area contributed by atoms with E-state index in [0.717, 1.165) is 37.4 Å². The summed E-state index contributed by atoms with van der Waals surface area (Å²) >= 11 is 5.40. The second kappa shape index (κ2) is 8.28. The lowest BCUT2D eigenvalue weighted by molar-refractivity contribution is 0.554. The normalized spacial score (nSPS) is 12.2. The molecule has 0 saturated carbocycles. The first-order valence-electron chi connectivity index (χ1n) is 8.50. The third kappa shape index (κ3) is 4.80. The lowest BCUT2D eigenvalue weighted by Gasteiger charge is -2.16. The molecule has 0 spiro atoms. The molecule has 2 N–H and O–H groups in total. The zero-order valence-corrected chi connectivity index (χ0v) is 16.1. The van der Waals surface area contributed by atoms with Gasteiger partial charge in [-0.05, 0) is 59.3 Å². The van der Waals surface area contributed by atoms with Crippen molar-refractivity contribution in [1.82, 2.24) is 30.2 Å². The zero-order chi connectivity index (χ0) is 17.7. The number of aryl methyl sites for hydroxylation is 5. The summed E-state index contributed by atoms with van der Waals surface area (Å²) in [6.07, 6.45) is 3.06. The van der Waals surface area contributed by atoms with Crippen LogP contribution in [0.2, 0.25) is 0 Å². The monoisotopic (exact) mass is 348 g/mol. The molecule has 0 aliphatic carbocycles. The van der Waals surface area contributed by atoms with Crippen LogP contribution in [-0.4, -0.2) is 31.2 Å². The highest BCUT2D eigenvalue weighted by molar-refractivity contribution is 7.80. The van der Waals surface area contributed by atoms with Gasteiger partial charge >= 0.3 is 0 Å². The number of aromatic nitrogens is 4. The van der Waals surface area contributed by atoms with Gasteiger partial charge < -0.3 is 10.6 Å². The number of thiocarbonyl (C=S) groups is 1. The molecule has 0 fully saturated rings. The summed E-state index contributed by atoms with van der Waals surface area (Å²) in [4.78, 5) is 0. The smallest absolute Gasteiger partial charge is 0.166 e. The number of nitrogens with zero attached hydrogens (tertiary/aromatic N) is 4. The molecule has 0 aliphatic rings. The average Bonchev–Trinajstić information content (AvgIpc) is 3.05. The lowest BCUT2D eigenvalue weighted by atomic mass is 10.1. The van der Waals surface area contributed by atoms with E-state index in [1.807, 2.05) is 23.2 Å². The Morgan fingerprint density at radius 1 is 1.29 bits per heavy atom. The van der Waals surface area contributed by atoms with Crippen molar-refractivity contribution in [3.05, 3.63) is 34.9 Å². The molecule has 0 bridgehead atoms. The van der Waals surface area contributed by atoms with Gasteiger partial charge in [-0.3, -0.25) is 9.36 Å². The van der Waals surface area contributed by atoms with Crippen LogP contribution >= 0.6 is 12.2 Å². The Labute approximate surface area is 149 Å². The van der Waals surface area contributed by atoms with Gasteiger partial charge in [0.05, 0.1) is 17.4 Å². The summed E-state index contributed by atoms with van der Waals surface area (Å²) in [5.74, 6) is 0. The van der Waals surface area contributed by atoms with Crippen molar-refractivity contribution in [2.75, 3.05) is 6.54 Å². The maximum Gasteiger partial charge on any atom is 0.166 e. The number of hydrogen-bond donors (Lipinski definition) is 2. The zero-order valence-electron chi connectivity index (χ0n) is 15.3. The first kappa shape index (κ1) is 18.4. The van der Waals surface area contributed by atoms with Crippen LogP contribution < -0.4 is 10.6 Å². The Balaban J connectivity index is 1.74. The highest BCUT2D eigenvalue weighted by atomic mass is 32.1. The van der Waals surface area contributed by atoms with Crippen molar-refractivity contribution in [3.8, 4) is 0 Å². The van der Waals surface area contributed by atoms with Gasteiger partial charge in [0.15, 0.2) is 5.11 Å². The predicted octanol–water partition coefficient (Wildman–Crippen LogP) is 2.64. The van der Waals surface area contributed by atoms with E-state index < -0.39 is 0 Å². The van der Waals surface area contributed by atoms with Crippen molar-refractivity contribution >= 4 is 17.3 Å². The van der Waals surface area contributed by atoms with Crippen molar-refractivity contribution in [3.63, 3.8) is 0 Å². The standard InChI is InChI=1S/C17H28N6S/c1-6-22-11-16(15(5)21-22)14(4)19-17(24)18-8-7-9-23-13(3)10-12(2)20-23/h10-11,14H,6-9H2,1-5H3,(H2,18,19,24). The van der Waals surface area contributed by atoms with Crippen LogP contribution in [0, 0.1) is 20.8 Å². The third-order valence-electron chi connectivity index (χ3n) is 4.06. The molecule has 0 radical (unpaired) electrons. The van der Waals surface area contributed by atoms with Crippen LogP contribution in [0.5, 0.6) is 0 Å². The molecule has 2 heterocycles. The van der Waals surface area contributed by atoms with E-state index >= 15 is 0 Å². The molecule has 132 valence electrons. The van der Waals surface area contributed by atoms with Gasteiger partial charge in [0.2, 0.25) is 0 Å². The molecular formula is C17H28N6S. The second-order valence-electron chi connectivity index (χ2n) is 6.15. The largest absolute Gasteiger partial charge is 0.363 e. The van der Waals surface area contributed by atoms with Crippen molar-refractivity contribution < 1.29 is 0 Å². The lowest BCUT2D eigenvalue weighted by Crippen LogP contribution is -2.37. The molecule has 0 amide bonds. The first-order chi connectivity index (χ1) is 11.4. The fourth-order valence-electron chi connectivity index (χ4n) is 2.78. The summed E-state index contributed by atoms with van der Waals surface area (Å²) < 4.78 is 3.99. The van der Waals surface area contributed by atoms with Gasteiger partial charge in [-0.2, -0.15) is 10.2 Å². The highest BCUT2D eigenvalue weighted by Crippen LogP contribution is 2.15. The van der Waals surface area contributed by atoms with E-state index in [-0.39, 0.29) is 6.04 Å². The topological polar surface area (TPSA) is 59.7 Å². The number of nitrogens with one attached hydrogen (secondary N) is 2. The molecule has 2 aromatic heterocycles. The van der Waals surface area contributed by atoms with E-state index in [4.69, 9.17) is 12.2 Å². The summed E-state index contributed by atoms with van der Waals surface area (Å²) in [6.45, 7) is 12.9. The molecule has 2 rings (SSSR count). The van der Waals surface area contributed by atoms with Crippen LogP contribution in [-0.2, 0) is 13.1 Å². The number of hydrogen-bond acceptors (Lipinski definition) is 3. The molecule has 2 aromatic rings. The van der Waals surface area contributed by atoms with Crippen LogP contribution in [0.4, 0.5) is 0 Å². The number of rotatable bonds is 7. The molecular weight excluding hydrogens is 320 g/mol. The van der Waals surface area contributed by atoms with E-state index in [0.29, 0.717) is 5.11 Å². The third-order valence-corrected chi connectivity index (χ3v) is 4.32. The minimum atomic E-state index is 0.140. The van der Waals surface area contributed by atoms with Gasteiger partial charge in [-0.15, -0.1) is 0 Å². The predicted molar refractivity (Wildman–Crippen MR) is 101 cm³/mol. The maximum atomic E-state index is 5.40. The molecule has 0 aliphatic heterocycles. The fraction of sp³-hybridized carbons (Fsp3) is 0.588. The molecule has 6 nitrogen and oxygen atoms in total. The highest BCUT2D eigenvalue weighted by Gasteiger charge is 2.13. The minimum absolute atomic E-state index is 0.140. The summed E-state index contributed by atoms with van der Waals surface area (Å²) in [6, 6.07) is 2.24. The second-order valence-corrected chi connectivity index (χ2v) is 6.56. The molecule has 1 atom stereocenters. The molecule has 7 heteroatoms. The van der Waals surface area contributed by atoms with E-state index in [1.165, 1.54) is 11.3 Å². The van der Waals surface area contributed by atoms with Crippen LogP contribution in [0.25, 0.3) is 0 Å². The maximum absolute atomic E-state index is 5.40. The fourth-order valence-corrected chi connectivity index (χ4v) is 3.06. The van der Waals surface area contributed by atoms with Gasteiger partial charge in [-0.1, -0.05) is 0 Å². The van der Waals surface area contributed by atoms with Crippen LogP contribution in [0.1, 0.15) is 49.0 Å². The van der Waals surface area contributed by atoms with Gasteiger partial charge in [0, 0.05) is 37.1 Å². The van der Waals surface area contributed by atoms with Gasteiger partial charge in [0.25, 0.3) is 0 Å². The summed E-state index contributed by atoms with van der Waals surface area (Å²) in [5, 5.41) is 16.2. The van der Waals surface area contributed by atoms with Crippen molar-refractivity contribution in [2.24, 2.45) is 0 Å². The molecule has 0 saturated heterocycles. The first-order valence-corrected chi connectivity index (χ1v) is 8.91. The average molecular weight is 349 g/mol. The minimum Gasteiger partial charge on any atom is -0.363 e. The SMILES string of the molecule is CCn1cc(C(C)NC(=S)NCCCn2nc(C)cc2C)c(C)n1. The summed E-state index contributed by atoms with van der Waals surface area (Å²) in [5.41, 5.74) is 4.49. The quantitative estimate of drug-likeness (QED) is 0.595. The molecule has 0 aromatic carbocycles.